The van der Waals surface area contributed by atoms with Crippen LogP contribution in [0, 0.1) is 35.5 Å². The van der Waals surface area contributed by atoms with E-state index in [9.17, 15) is 14.4 Å². The van der Waals surface area contributed by atoms with Crippen molar-refractivity contribution in [3.8, 4) is 0 Å². The zero-order valence-electron chi connectivity index (χ0n) is 20.5. The number of amides is 2. The van der Waals surface area contributed by atoms with Crippen LogP contribution in [-0.4, -0.2) is 50.3 Å². The third kappa shape index (κ3) is 7.23. The number of carbonyl (C=O) groups excluding carboxylic acids is 3. The summed E-state index contributed by atoms with van der Waals surface area (Å²) in [5.74, 6) is 3.75. The Labute approximate surface area is 209 Å². The van der Waals surface area contributed by atoms with E-state index in [1.165, 1.54) is 59.2 Å². The topological polar surface area (TPSA) is 120 Å². The van der Waals surface area contributed by atoms with Crippen molar-refractivity contribution in [2.24, 2.45) is 41.2 Å². The molecule has 2 atom stereocenters. The van der Waals surface area contributed by atoms with E-state index in [0.29, 0.717) is 36.1 Å². The van der Waals surface area contributed by atoms with E-state index in [0.717, 1.165) is 31.1 Å². The van der Waals surface area contributed by atoms with Crippen molar-refractivity contribution in [1.29, 1.82) is 0 Å². The quantitative estimate of drug-likeness (QED) is 0.441. The number of esters is 2. The fourth-order valence-corrected chi connectivity index (χ4v) is 6.52. The molecule has 34 heavy (non-hydrogen) atoms. The predicted octanol–water partition coefficient (Wildman–Crippen LogP) is 3.16. The van der Waals surface area contributed by atoms with Gasteiger partial charge in [-0.3, -0.25) is 4.79 Å². The Hall–Kier alpha value is -1.54. The molecule has 9 heteroatoms. The maximum atomic E-state index is 12.4. The Morgan fingerprint density at radius 2 is 1.32 bits per heavy atom. The van der Waals surface area contributed by atoms with Crippen LogP contribution in [0.25, 0.3) is 0 Å². The predicted molar refractivity (Wildman–Crippen MR) is 130 cm³/mol. The van der Waals surface area contributed by atoms with Crippen molar-refractivity contribution in [2.45, 2.75) is 88.8 Å². The summed E-state index contributed by atoms with van der Waals surface area (Å²) in [4.78, 5) is 35.0. The van der Waals surface area contributed by atoms with Crippen LogP contribution in [-0.2, 0) is 19.1 Å². The van der Waals surface area contributed by atoms with Gasteiger partial charge in [0.2, 0.25) is 0 Å². The standard InChI is InChI=1S/C18H28N2O3.C7H13NO2.ClH/c1-23-17(21)15(9-10-2-3-10)19-18(22)20-16-13-5-11-4-12(7-13)8-14(16)6-11;1-10-7(9)6(8)4-5-2-3-5;/h10-16H,2-9H2,1H3,(H2,19,20,22);5-6H,2-4,8H2,1H3;1H/t11?,12?,13?,14?,15-,16?;6-;/m00./s1. The highest BCUT2D eigenvalue weighted by atomic mass is 35.5. The van der Waals surface area contributed by atoms with Gasteiger partial charge in [0.05, 0.1) is 14.2 Å². The third-order valence-electron chi connectivity index (χ3n) is 8.37. The summed E-state index contributed by atoms with van der Waals surface area (Å²) in [6.07, 6.45) is 12.8. The number of rotatable bonds is 8. The molecule has 0 aliphatic heterocycles. The van der Waals surface area contributed by atoms with Gasteiger partial charge in [-0.1, -0.05) is 25.7 Å². The van der Waals surface area contributed by atoms with E-state index in [1.807, 2.05) is 0 Å². The van der Waals surface area contributed by atoms with Gasteiger partial charge in [0.15, 0.2) is 0 Å². The molecule has 4 N–H and O–H groups in total. The lowest BCUT2D eigenvalue weighted by Crippen LogP contribution is -2.59. The van der Waals surface area contributed by atoms with E-state index in [4.69, 9.17) is 10.5 Å². The molecule has 0 heterocycles. The molecule has 194 valence electrons. The summed E-state index contributed by atoms with van der Waals surface area (Å²) in [5.41, 5.74) is 5.49. The summed E-state index contributed by atoms with van der Waals surface area (Å²) in [5, 5.41) is 6.08. The van der Waals surface area contributed by atoms with Gasteiger partial charge >= 0.3 is 18.0 Å². The van der Waals surface area contributed by atoms with E-state index >= 15 is 0 Å². The second-order valence-electron chi connectivity index (χ2n) is 11.1. The van der Waals surface area contributed by atoms with Crippen molar-refractivity contribution >= 4 is 30.4 Å². The maximum absolute atomic E-state index is 12.4. The molecular weight excluding hydrogens is 458 g/mol. The first-order chi connectivity index (χ1) is 15.9. The minimum Gasteiger partial charge on any atom is -0.468 e. The normalized spacial score (nSPS) is 32.3. The van der Waals surface area contributed by atoms with Gasteiger partial charge in [0.1, 0.15) is 12.1 Å². The highest BCUT2D eigenvalue weighted by molar-refractivity contribution is 5.85. The van der Waals surface area contributed by atoms with Crippen LogP contribution < -0.4 is 16.4 Å². The van der Waals surface area contributed by atoms with Gasteiger partial charge in [-0.05, 0) is 80.5 Å². The fourth-order valence-electron chi connectivity index (χ4n) is 6.52. The van der Waals surface area contributed by atoms with Crippen molar-refractivity contribution in [3.63, 3.8) is 0 Å². The van der Waals surface area contributed by atoms with Crippen molar-refractivity contribution in [2.75, 3.05) is 14.2 Å². The molecule has 6 aliphatic rings. The molecule has 2 amide bonds. The molecular formula is C25H42ClN3O5. The third-order valence-corrected chi connectivity index (χ3v) is 8.37. The Morgan fingerprint density at radius 1 is 0.824 bits per heavy atom. The molecule has 8 nitrogen and oxygen atoms in total. The smallest absolute Gasteiger partial charge is 0.328 e. The molecule has 6 fully saturated rings. The number of methoxy groups -OCH3 is 2. The largest absolute Gasteiger partial charge is 0.468 e. The molecule has 4 bridgehead atoms. The summed E-state index contributed by atoms with van der Waals surface area (Å²) >= 11 is 0. The van der Waals surface area contributed by atoms with Crippen LogP contribution in [0.15, 0.2) is 0 Å². The minimum absolute atomic E-state index is 0. The Balaban J connectivity index is 0.000000250. The summed E-state index contributed by atoms with van der Waals surface area (Å²) in [6.45, 7) is 0. The summed E-state index contributed by atoms with van der Waals surface area (Å²) < 4.78 is 9.32. The van der Waals surface area contributed by atoms with Crippen LogP contribution in [0.4, 0.5) is 4.79 Å². The van der Waals surface area contributed by atoms with Crippen LogP contribution >= 0.6 is 12.4 Å². The second kappa shape index (κ2) is 11.9. The van der Waals surface area contributed by atoms with Crippen LogP contribution in [0.3, 0.4) is 0 Å². The number of nitrogens with one attached hydrogen (secondary N) is 2. The first kappa shape index (κ1) is 27.1. The number of carbonyl (C=O) groups is 3. The van der Waals surface area contributed by atoms with Crippen LogP contribution in [0.2, 0.25) is 0 Å². The van der Waals surface area contributed by atoms with Gasteiger partial charge < -0.3 is 25.8 Å². The zero-order chi connectivity index (χ0) is 23.5. The fraction of sp³-hybridized carbons (Fsp3) is 0.880. The molecule has 6 rings (SSSR count). The number of urea groups is 1. The highest BCUT2D eigenvalue weighted by Crippen LogP contribution is 2.53. The molecule has 0 aromatic heterocycles. The van der Waals surface area contributed by atoms with Gasteiger partial charge in [-0.2, -0.15) is 0 Å². The van der Waals surface area contributed by atoms with Gasteiger partial charge in [0.25, 0.3) is 0 Å². The molecule has 0 radical (unpaired) electrons. The molecule has 0 saturated heterocycles. The van der Waals surface area contributed by atoms with E-state index in [2.05, 4.69) is 15.4 Å². The first-order valence-corrected chi connectivity index (χ1v) is 12.8. The molecule has 6 saturated carbocycles. The number of hydrogen-bond donors (Lipinski definition) is 3. The molecule has 0 aromatic carbocycles. The van der Waals surface area contributed by atoms with E-state index in [-0.39, 0.29) is 30.4 Å². The van der Waals surface area contributed by atoms with E-state index in [1.54, 1.807) is 0 Å². The number of hydrogen-bond acceptors (Lipinski definition) is 6. The Kier molecular flexibility index (Phi) is 9.49. The Morgan fingerprint density at radius 3 is 1.79 bits per heavy atom. The summed E-state index contributed by atoms with van der Waals surface area (Å²) in [6, 6.07) is -0.762. The number of halogens is 1. The minimum atomic E-state index is -0.496. The number of ether oxygens (including phenoxy) is 2. The second-order valence-corrected chi connectivity index (χ2v) is 11.1. The average Bonchev–Trinajstić information content (AvgIpc) is 3.71. The van der Waals surface area contributed by atoms with Crippen molar-refractivity contribution in [1.82, 2.24) is 10.6 Å². The molecule has 0 unspecified atom stereocenters. The summed E-state index contributed by atoms with van der Waals surface area (Å²) in [7, 11) is 2.76. The van der Waals surface area contributed by atoms with Gasteiger partial charge in [-0.15, -0.1) is 12.4 Å². The molecule has 6 aliphatic carbocycles. The monoisotopic (exact) mass is 499 g/mol. The van der Waals surface area contributed by atoms with Gasteiger partial charge in [0, 0.05) is 6.04 Å². The molecule has 0 spiro atoms. The Bertz CT molecular complexity index is 699. The lowest BCUT2D eigenvalue weighted by Gasteiger charge is -2.54. The van der Waals surface area contributed by atoms with Crippen molar-refractivity contribution < 1.29 is 23.9 Å². The van der Waals surface area contributed by atoms with Crippen molar-refractivity contribution in [3.05, 3.63) is 0 Å². The van der Waals surface area contributed by atoms with Crippen LogP contribution in [0.5, 0.6) is 0 Å². The zero-order valence-corrected chi connectivity index (χ0v) is 21.3. The highest BCUT2D eigenvalue weighted by Gasteiger charge is 2.48. The molecule has 0 aromatic rings. The van der Waals surface area contributed by atoms with Crippen LogP contribution in [0.1, 0.15) is 70.6 Å². The maximum Gasteiger partial charge on any atom is 0.328 e. The van der Waals surface area contributed by atoms with E-state index < -0.39 is 12.1 Å². The average molecular weight is 500 g/mol. The SMILES string of the molecule is COC(=O)[C@@H](N)CC1CC1.COC(=O)[C@H](CC1CC1)NC(=O)NC1C2CC3CC(C2)CC1C3.Cl. The van der Waals surface area contributed by atoms with Gasteiger partial charge in [-0.25, -0.2) is 9.59 Å². The lowest BCUT2D eigenvalue weighted by molar-refractivity contribution is -0.143. The lowest BCUT2D eigenvalue weighted by atomic mass is 9.54. The first-order valence-electron chi connectivity index (χ1n) is 12.8. The number of nitrogens with two attached hydrogens (primary N) is 1.